The molecule has 0 amide bonds. The molecule has 0 spiro atoms. The normalized spacial score (nSPS) is 32.2. The number of hydrogen-bond acceptors (Lipinski definition) is 3. The number of quaternary nitrogens is 1. The highest BCUT2D eigenvalue weighted by Gasteiger charge is 2.52. The number of benzene rings is 1. The Morgan fingerprint density at radius 2 is 1.55 bits per heavy atom. The minimum Gasteiger partial charge on any atom is -0.549 e. The molecule has 5 heteroatoms. The van der Waals surface area contributed by atoms with Crippen LogP contribution in [0.5, 0.6) is 0 Å². The van der Waals surface area contributed by atoms with Crippen LogP contribution in [0.3, 0.4) is 0 Å². The Balaban J connectivity index is 0.000000202. The van der Waals surface area contributed by atoms with Crippen molar-refractivity contribution < 1.29 is 19.5 Å². The maximum absolute atomic E-state index is 11.2. The van der Waals surface area contributed by atoms with Crippen molar-refractivity contribution in [3.05, 3.63) is 35.9 Å². The van der Waals surface area contributed by atoms with Gasteiger partial charge in [-0.05, 0) is 38.2 Å². The Hall–Kier alpha value is -0.910. The third-order valence-corrected chi connectivity index (χ3v) is 7.89. The van der Waals surface area contributed by atoms with Crippen molar-refractivity contribution in [2.24, 2.45) is 5.92 Å². The Labute approximate surface area is 186 Å². The molecule has 5 atom stereocenters. The summed E-state index contributed by atoms with van der Waals surface area (Å²) in [5, 5.41) is 20.9. The van der Waals surface area contributed by atoms with E-state index in [0.29, 0.717) is 6.04 Å². The molecular weight excluding hydrogens is 430 g/mol. The summed E-state index contributed by atoms with van der Waals surface area (Å²) in [6, 6.07) is 11.6. The van der Waals surface area contributed by atoms with Gasteiger partial charge in [0.25, 0.3) is 0 Å². The molecule has 1 saturated carbocycles. The second kappa shape index (κ2) is 10.4. The number of aliphatic hydroxyl groups is 1. The number of aliphatic hydroxyl groups excluding tert-OH is 1. The number of hydrogen-bond donors (Lipinski definition) is 1. The van der Waals surface area contributed by atoms with Crippen molar-refractivity contribution in [1.82, 2.24) is 0 Å². The molecule has 29 heavy (non-hydrogen) atoms. The van der Waals surface area contributed by atoms with Crippen molar-refractivity contribution in [3.8, 4) is 0 Å². The van der Waals surface area contributed by atoms with Gasteiger partial charge in [-0.25, -0.2) is 0 Å². The first-order chi connectivity index (χ1) is 13.3. The number of aliphatic carboxylic acids is 1. The summed E-state index contributed by atoms with van der Waals surface area (Å²) >= 11 is 0. The highest BCUT2D eigenvalue weighted by atomic mass is 79.9. The predicted molar refractivity (Wildman–Crippen MR) is 120 cm³/mol. The molecule has 0 aromatic heterocycles. The van der Waals surface area contributed by atoms with Crippen LogP contribution in [0.1, 0.15) is 76.7 Å². The van der Waals surface area contributed by atoms with E-state index in [0.717, 1.165) is 56.2 Å². The van der Waals surface area contributed by atoms with E-state index >= 15 is 0 Å². The van der Waals surface area contributed by atoms with Crippen LogP contribution < -0.4 is 5.11 Å². The summed E-state index contributed by atoms with van der Waals surface area (Å²) in [5.41, 5.74) is 0.893. The molecule has 0 radical (unpaired) electrons. The molecular formula is C24H38BrNO3. The lowest BCUT2D eigenvalue weighted by molar-refractivity contribution is -0.968. The Morgan fingerprint density at radius 1 is 1.03 bits per heavy atom. The largest absolute Gasteiger partial charge is 0.549 e. The van der Waals surface area contributed by atoms with Crippen molar-refractivity contribution >= 4 is 23.0 Å². The van der Waals surface area contributed by atoms with E-state index in [-0.39, 0.29) is 29.0 Å². The molecule has 4 rings (SSSR count). The average Bonchev–Trinajstić information content (AvgIpc) is 3.22. The smallest absolute Gasteiger partial charge is 0.0919 e. The second-order valence-corrected chi connectivity index (χ2v) is 9.58. The molecule has 2 heterocycles. The fraction of sp³-hybridized carbons (Fsp3) is 0.708. The van der Waals surface area contributed by atoms with Gasteiger partial charge in [0.2, 0.25) is 0 Å². The third kappa shape index (κ3) is 5.23. The molecule has 3 aliphatic rings. The lowest BCUT2D eigenvalue weighted by Gasteiger charge is -2.49. The summed E-state index contributed by atoms with van der Waals surface area (Å²) in [7, 11) is 2.39. The zero-order chi connectivity index (χ0) is 20.3. The van der Waals surface area contributed by atoms with Crippen LogP contribution in [0.2, 0.25) is 0 Å². The molecule has 164 valence electrons. The fourth-order valence-electron chi connectivity index (χ4n) is 6.05. The summed E-state index contributed by atoms with van der Waals surface area (Å²) in [6.07, 6.45) is 9.06. The maximum Gasteiger partial charge on any atom is 0.0919 e. The van der Waals surface area contributed by atoms with Gasteiger partial charge in [0.1, 0.15) is 0 Å². The van der Waals surface area contributed by atoms with Gasteiger partial charge in [-0.1, -0.05) is 43.2 Å². The number of fused-ring (bicyclic) bond motifs is 2. The first kappa shape index (κ1) is 24.4. The number of nitrogens with zero attached hydrogens (tertiary/aromatic N) is 1. The predicted octanol–water partition coefficient (Wildman–Crippen LogP) is 3.82. The average molecular weight is 468 g/mol. The minimum atomic E-state index is -0.923. The number of rotatable bonds is 4. The standard InChI is InChI=1S/C13H16O2.C11H22NO.BrH/c14-13(15)12(11-8-4-5-9-11)10-6-2-1-3-7-10;1-8(2)12(3)9-4-5-10(12)7-11(13)6-9;/h1-3,6-7,11-12H,4-5,8-9H2,(H,14,15);8-11,13H,4-7H2,1-3H3;1H/q;+1;/p-1/t;9-,10+,11?,12?;. The van der Waals surface area contributed by atoms with E-state index in [4.69, 9.17) is 0 Å². The van der Waals surface area contributed by atoms with Gasteiger partial charge in [-0.3, -0.25) is 0 Å². The quantitative estimate of drug-likeness (QED) is 0.684. The van der Waals surface area contributed by atoms with Crippen LogP contribution >= 0.6 is 17.0 Å². The Kier molecular flexibility index (Phi) is 8.74. The zero-order valence-electron chi connectivity index (χ0n) is 18.1. The van der Waals surface area contributed by atoms with Gasteiger partial charge in [0.05, 0.1) is 31.3 Å². The molecule has 1 aliphatic carbocycles. The molecule has 1 N–H and O–H groups in total. The maximum atomic E-state index is 11.2. The molecule has 4 nitrogen and oxygen atoms in total. The third-order valence-electron chi connectivity index (χ3n) is 7.89. The van der Waals surface area contributed by atoms with E-state index in [2.05, 4.69) is 20.9 Å². The van der Waals surface area contributed by atoms with E-state index < -0.39 is 11.9 Å². The lowest BCUT2D eigenvalue weighted by atomic mass is 9.85. The van der Waals surface area contributed by atoms with Crippen LogP contribution in [0.25, 0.3) is 0 Å². The van der Waals surface area contributed by atoms with Gasteiger partial charge >= 0.3 is 0 Å². The molecule has 2 bridgehead atoms. The number of carboxylic acids is 1. The molecule has 3 unspecified atom stereocenters. The first-order valence-electron chi connectivity index (χ1n) is 11.1. The topological polar surface area (TPSA) is 60.4 Å². The molecule has 1 aromatic rings. The van der Waals surface area contributed by atoms with Gasteiger partial charge in [0.15, 0.2) is 0 Å². The zero-order valence-corrected chi connectivity index (χ0v) is 19.8. The second-order valence-electron chi connectivity index (χ2n) is 9.58. The molecule has 2 aliphatic heterocycles. The highest BCUT2D eigenvalue weighted by Crippen LogP contribution is 2.43. The van der Waals surface area contributed by atoms with Crippen molar-refractivity contribution in [2.45, 2.75) is 95.4 Å². The van der Waals surface area contributed by atoms with Crippen LogP contribution in [-0.2, 0) is 4.79 Å². The Bertz CT molecular complexity index is 631. The highest BCUT2D eigenvalue weighted by molar-refractivity contribution is 8.93. The van der Waals surface area contributed by atoms with Gasteiger partial charge < -0.3 is 19.5 Å². The minimum absolute atomic E-state index is 0. The van der Waals surface area contributed by atoms with Gasteiger partial charge in [0, 0.05) is 37.6 Å². The Morgan fingerprint density at radius 3 is 2.00 bits per heavy atom. The number of carbonyl (C=O) groups is 1. The number of piperidine rings is 1. The monoisotopic (exact) mass is 467 g/mol. The fourth-order valence-corrected chi connectivity index (χ4v) is 6.05. The molecule has 1 aromatic carbocycles. The summed E-state index contributed by atoms with van der Waals surface area (Å²) < 4.78 is 1.22. The van der Waals surface area contributed by atoms with Crippen LogP contribution in [0.4, 0.5) is 0 Å². The lowest BCUT2D eigenvalue weighted by Crippen LogP contribution is -2.62. The van der Waals surface area contributed by atoms with Gasteiger partial charge in [-0.2, -0.15) is 0 Å². The van der Waals surface area contributed by atoms with Gasteiger partial charge in [-0.15, -0.1) is 17.0 Å². The van der Waals surface area contributed by atoms with Crippen molar-refractivity contribution in [3.63, 3.8) is 0 Å². The van der Waals surface area contributed by atoms with Crippen LogP contribution in [0.15, 0.2) is 30.3 Å². The molecule has 2 saturated heterocycles. The number of halogens is 1. The summed E-state index contributed by atoms with van der Waals surface area (Å²) in [4.78, 5) is 11.2. The van der Waals surface area contributed by atoms with E-state index in [1.807, 2.05) is 30.3 Å². The first-order valence-corrected chi connectivity index (χ1v) is 11.1. The van der Waals surface area contributed by atoms with Crippen LogP contribution in [0, 0.1) is 5.92 Å². The summed E-state index contributed by atoms with van der Waals surface area (Å²) in [5.74, 6) is -1.06. The molecule has 3 fully saturated rings. The van der Waals surface area contributed by atoms with E-state index in [1.54, 1.807) is 0 Å². The summed E-state index contributed by atoms with van der Waals surface area (Å²) in [6.45, 7) is 4.64. The van der Waals surface area contributed by atoms with E-state index in [1.165, 1.54) is 17.3 Å². The van der Waals surface area contributed by atoms with Crippen molar-refractivity contribution in [1.29, 1.82) is 0 Å². The SMILES string of the molecule is Br.CC(C)[N+]1(C)[C@@H]2CC[C@H]1CC(O)C2.O=C([O-])C(c1ccccc1)C1CCCC1. The van der Waals surface area contributed by atoms with Crippen molar-refractivity contribution in [2.75, 3.05) is 7.05 Å². The van der Waals surface area contributed by atoms with E-state index in [9.17, 15) is 15.0 Å². The number of carbonyl (C=O) groups excluding carboxylic acids is 1. The van der Waals surface area contributed by atoms with Crippen LogP contribution in [-0.4, -0.2) is 46.8 Å². The number of carboxylic acid groups (broad SMARTS) is 1.